The van der Waals surface area contributed by atoms with Crippen molar-refractivity contribution in [3.8, 4) is 0 Å². The van der Waals surface area contributed by atoms with Crippen molar-refractivity contribution in [3.05, 3.63) is 78.2 Å². The molecule has 43 heavy (non-hydrogen) atoms. The Kier molecular flexibility index (Phi) is 7.35. The van der Waals surface area contributed by atoms with E-state index in [1.807, 2.05) is 30.3 Å². The maximum Gasteiger partial charge on any atom is 0.338 e. The lowest BCUT2D eigenvalue weighted by Gasteiger charge is -2.20. The van der Waals surface area contributed by atoms with E-state index < -0.39 is 52.2 Å². The number of carbonyl (C=O) groups is 1. The average Bonchev–Trinajstić information content (AvgIpc) is 3.51. The molecular weight excluding hydrogens is 585 g/mol. The summed E-state index contributed by atoms with van der Waals surface area (Å²) in [6, 6.07) is 13.6. The molecule has 0 unspecified atom stereocenters. The van der Waals surface area contributed by atoms with Gasteiger partial charge in [-0.25, -0.2) is 19.7 Å². The normalized spacial score (nSPS) is 20.4. The summed E-state index contributed by atoms with van der Waals surface area (Å²) < 4.78 is 47.8. The summed E-state index contributed by atoms with van der Waals surface area (Å²) in [5, 5.41) is 25.9. The number of benzene rings is 2. The molecule has 5 N–H and O–H groups in total. The number of aliphatic hydroxyl groups excluding tert-OH is 2. The molecule has 0 amide bonds. The van der Waals surface area contributed by atoms with Gasteiger partial charge in [-0.1, -0.05) is 12.1 Å². The van der Waals surface area contributed by atoms with E-state index in [1.54, 1.807) is 6.20 Å². The first-order chi connectivity index (χ1) is 20.6. The third kappa shape index (κ3) is 5.55. The van der Waals surface area contributed by atoms with Crippen LogP contribution in [0.5, 0.6) is 0 Å². The fourth-order valence-corrected chi connectivity index (χ4v) is 5.24. The molecule has 1 aliphatic rings. The number of carbonyl (C=O) groups excluding carboxylic acids is 1. The van der Waals surface area contributed by atoms with Gasteiger partial charge < -0.3 is 30.7 Å². The van der Waals surface area contributed by atoms with Gasteiger partial charge in [-0.15, -0.1) is 3.89 Å². The smallest absolute Gasteiger partial charge is 0.338 e. The molecule has 222 valence electrons. The fraction of sp³-hybridized carbons (Fsp3) is 0.222. The molecule has 1 aliphatic heterocycles. The number of nitrogen functional groups attached to an aromatic ring is 1. The number of ether oxygens (including phenoxy) is 2. The topological polar surface area (TPSA) is 205 Å². The predicted molar refractivity (Wildman–Crippen MR) is 150 cm³/mol. The van der Waals surface area contributed by atoms with Gasteiger partial charge in [0.1, 0.15) is 31.2 Å². The molecule has 0 aliphatic carbocycles. The minimum Gasteiger partial charge on any atom is -0.459 e. The molecule has 0 bridgehead atoms. The van der Waals surface area contributed by atoms with Crippen LogP contribution in [0.15, 0.2) is 72.0 Å². The number of fused-ring (bicyclic) bond motifs is 2. The van der Waals surface area contributed by atoms with Gasteiger partial charge in [0.05, 0.1) is 16.0 Å². The van der Waals surface area contributed by atoms with Crippen molar-refractivity contribution >= 4 is 50.0 Å². The lowest BCUT2D eigenvalue weighted by molar-refractivity contribution is -0.0557. The minimum atomic E-state index is -4.93. The zero-order valence-corrected chi connectivity index (χ0v) is 22.9. The van der Waals surface area contributed by atoms with Gasteiger partial charge in [0.2, 0.25) is 5.95 Å². The summed E-state index contributed by atoms with van der Waals surface area (Å²) in [6.45, 7) is -0.148. The molecule has 0 spiro atoms. The van der Waals surface area contributed by atoms with Gasteiger partial charge in [-0.2, -0.15) is 8.42 Å². The highest BCUT2D eigenvalue weighted by Crippen LogP contribution is 2.35. The highest BCUT2D eigenvalue weighted by Gasteiger charge is 2.46. The van der Waals surface area contributed by atoms with Gasteiger partial charge >= 0.3 is 16.2 Å². The van der Waals surface area contributed by atoms with Crippen LogP contribution in [0.1, 0.15) is 22.1 Å². The third-order valence-corrected chi connectivity index (χ3v) is 7.80. The molecule has 0 saturated carbocycles. The van der Waals surface area contributed by atoms with Crippen LogP contribution >= 0.6 is 0 Å². The third-order valence-electron chi connectivity index (χ3n) is 6.97. The second-order valence-electron chi connectivity index (χ2n) is 9.73. The van der Waals surface area contributed by atoms with Crippen molar-refractivity contribution in [2.75, 3.05) is 17.7 Å². The Labute approximate surface area is 243 Å². The molecule has 4 atom stereocenters. The van der Waals surface area contributed by atoms with E-state index in [9.17, 15) is 27.3 Å². The molecule has 4 heterocycles. The summed E-state index contributed by atoms with van der Waals surface area (Å²) in [6.07, 6.45) is -2.40. The van der Waals surface area contributed by atoms with Crippen LogP contribution in [0, 0.1) is 0 Å². The number of aliphatic hydroxyl groups is 2. The number of nitrogens with two attached hydrogens (primary N) is 1. The number of halogens is 1. The van der Waals surface area contributed by atoms with E-state index in [-0.39, 0.29) is 28.5 Å². The van der Waals surface area contributed by atoms with Crippen molar-refractivity contribution < 1.29 is 36.8 Å². The number of hydrogen-bond acceptors (Lipinski definition) is 13. The zero-order chi connectivity index (χ0) is 30.3. The first kappa shape index (κ1) is 28.4. The van der Waals surface area contributed by atoms with Crippen LogP contribution in [-0.4, -0.2) is 74.0 Å². The maximum absolute atomic E-state index is 13.1. The van der Waals surface area contributed by atoms with E-state index in [1.165, 1.54) is 10.9 Å². The molecule has 1 saturated heterocycles. The Bertz CT molecular complexity index is 1940. The fourth-order valence-electron chi connectivity index (χ4n) is 4.78. The zero-order valence-electron chi connectivity index (χ0n) is 22.1. The second kappa shape index (κ2) is 11.1. The van der Waals surface area contributed by atoms with Crippen LogP contribution in [-0.2, 0) is 26.2 Å². The highest BCUT2D eigenvalue weighted by atomic mass is 32.3. The van der Waals surface area contributed by atoms with Crippen molar-refractivity contribution in [2.24, 2.45) is 0 Å². The maximum atomic E-state index is 13.1. The lowest BCUT2D eigenvalue weighted by atomic mass is 10.1. The van der Waals surface area contributed by atoms with Crippen LogP contribution in [0.3, 0.4) is 0 Å². The molecule has 2 aromatic carbocycles. The number of esters is 1. The molecule has 0 radical (unpaired) electrons. The molecule has 6 rings (SSSR count). The summed E-state index contributed by atoms with van der Waals surface area (Å²) in [4.78, 5) is 29.0. The Hall–Kier alpha value is -4.77. The number of hydrogen-bond donors (Lipinski definition) is 4. The van der Waals surface area contributed by atoms with Crippen LogP contribution in [0.4, 0.5) is 15.7 Å². The van der Waals surface area contributed by atoms with Crippen LogP contribution in [0.2, 0.25) is 0 Å². The summed E-state index contributed by atoms with van der Waals surface area (Å²) in [7, 11) is -4.93. The van der Waals surface area contributed by atoms with Crippen LogP contribution in [0.25, 0.3) is 22.1 Å². The van der Waals surface area contributed by atoms with E-state index in [4.69, 9.17) is 15.2 Å². The van der Waals surface area contributed by atoms with Gasteiger partial charge in [-0.3, -0.25) is 9.55 Å². The number of rotatable bonds is 8. The summed E-state index contributed by atoms with van der Waals surface area (Å²) >= 11 is 0. The largest absolute Gasteiger partial charge is 0.459 e. The summed E-state index contributed by atoms with van der Waals surface area (Å²) in [5.74, 6) is -0.558. The molecule has 5 aromatic rings. The number of nitrogens with one attached hydrogen (secondary N) is 1. The molecule has 1 fully saturated rings. The predicted octanol–water partition coefficient (Wildman–Crippen LogP) is 1.70. The number of imidazole rings is 1. The van der Waals surface area contributed by atoms with E-state index in [2.05, 4.69) is 25.3 Å². The SMILES string of the molecule is Nc1ncnc2c1nc(NCc1ccc3ncccc3c1)n2[C@@H]1O[C@H](COC(=O)c2ccc(S(=O)(=O)F)cc2)[C@@H](O)[C@H]1O. The van der Waals surface area contributed by atoms with Crippen molar-refractivity contribution in [2.45, 2.75) is 36.0 Å². The van der Waals surface area contributed by atoms with E-state index in [0.717, 1.165) is 40.7 Å². The van der Waals surface area contributed by atoms with Crippen molar-refractivity contribution in [3.63, 3.8) is 0 Å². The quantitative estimate of drug-likeness (QED) is 0.146. The Morgan fingerprint density at radius 3 is 2.65 bits per heavy atom. The number of pyridine rings is 1. The molecule has 16 heteroatoms. The van der Waals surface area contributed by atoms with Gasteiger partial charge in [0.25, 0.3) is 0 Å². The Balaban J connectivity index is 1.22. The van der Waals surface area contributed by atoms with E-state index in [0.29, 0.717) is 6.54 Å². The molecular formula is C27H24FN7O7S. The molecule has 3 aromatic heterocycles. The highest BCUT2D eigenvalue weighted by molar-refractivity contribution is 7.86. The second-order valence-corrected chi connectivity index (χ2v) is 11.1. The van der Waals surface area contributed by atoms with Crippen molar-refractivity contribution in [1.29, 1.82) is 0 Å². The minimum absolute atomic E-state index is 0.0549. The van der Waals surface area contributed by atoms with Crippen LogP contribution < -0.4 is 11.1 Å². The number of aromatic nitrogens is 5. The Morgan fingerprint density at radius 1 is 1.09 bits per heavy atom. The first-order valence-electron chi connectivity index (χ1n) is 12.9. The lowest BCUT2D eigenvalue weighted by Crippen LogP contribution is -2.34. The Morgan fingerprint density at radius 2 is 1.88 bits per heavy atom. The van der Waals surface area contributed by atoms with Gasteiger partial charge in [0, 0.05) is 18.1 Å². The summed E-state index contributed by atoms with van der Waals surface area (Å²) in [5.41, 5.74) is 8.21. The standard InChI is InChI=1S/C27H24FN7O7S/c28-43(39,40)17-6-4-15(5-7-17)26(38)41-12-19-21(36)22(37)25(42-19)35-24-20(23(29)32-13-33-24)34-27(35)31-11-14-3-8-18-16(10-14)2-1-9-30-18/h1-10,13,19,21-22,25,36-37H,11-12H2,(H,31,34)(H2,29,32,33)/t19-,21-,22-,25-/m1/s1. The van der Waals surface area contributed by atoms with Gasteiger partial charge in [-0.05, 0) is 48.0 Å². The monoisotopic (exact) mass is 609 g/mol. The molecule has 14 nitrogen and oxygen atoms in total. The number of anilines is 2. The first-order valence-corrected chi connectivity index (χ1v) is 14.3. The van der Waals surface area contributed by atoms with Gasteiger partial charge in [0.15, 0.2) is 23.2 Å². The van der Waals surface area contributed by atoms with Crippen molar-refractivity contribution in [1.82, 2.24) is 24.5 Å². The average molecular weight is 610 g/mol. The number of nitrogens with zero attached hydrogens (tertiary/aromatic N) is 5. The van der Waals surface area contributed by atoms with E-state index >= 15 is 0 Å².